The SMILES string of the molecule is CC(C)(C)C#Cc1ccc(C(=O)O)cc1.COC(=O)c1ccc(I)cc1. The molecule has 0 aliphatic rings. The predicted molar refractivity (Wildman–Crippen MR) is 110 cm³/mol. The van der Waals surface area contributed by atoms with Crippen LogP contribution < -0.4 is 0 Å². The number of ether oxygens (including phenoxy) is 1. The third kappa shape index (κ3) is 8.17. The first kappa shape index (κ1) is 21.7. The molecule has 2 aromatic rings. The summed E-state index contributed by atoms with van der Waals surface area (Å²) in [6.07, 6.45) is 0. The minimum absolute atomic E-state index is 0.0362. The summed E-state index contributed by atoms with van der Waals surface area (Å²) in [7, 11) is 1.38. The van der Waals surface area contributed by atoms with Crippen LogP contribution in [0, 0.1) is 20.8 Å². The van der Waals surface area contributed by atoms with Crippen molar-refractivity contribution in [2.45, 2.75) is 20.8 Å². The lowest BCUT2D eigenvalue weighted by atomic mass is 9.97. The predicted octanol–water partition coefficient (Wildman–Crippen LogP) is 4.86. The smallest absolute Gasteiger partial charge is 0.337 e. The maximum atomic E-state index is 10.9. The Morgan fingerprint density at radius 3 is 1.88 bits per heavy atom. The molecule has 26 heavy (non-hydrogen) atoms. The highest BCUT2D eigenvalue weighted by Crippen LogP contribution is 2.11. The highest BCUT2D eigenvalue weighted by Gasteiger charge is 2.04. The number of hydrogen-bond acceptors (Lipinski definition) is 3. The molecule has 0 aliphatic heterocycles. The lowest BCUT2D eigenvalue weighted by molar-refractivity contribution is 0.0599. The van der Waals surface area contributed by atoms with E-state index >= 15 is 0 Å². The minimum Gasteiger partial charge on any atom is -0.478 e. The fraction of sp³-hybridized carbons (Fsp3) is 0.238. The van der Waals surface area contributed by atoms with Crippen LogP contribution in [0.3, 0.4) is 0 Å². The summed E-state index contributed by atoms with van der Waals surface area (Å²) in [4.78, 5) is 21.5. The van der Waals surface area contributed by atoms with Crippen LogP contribution in [0.4, 0.5) is 0 Å². The van der Waals surface area contributed by atoms with E-state index < -0.39 is 5.97 Å². The average Bonchev–Trinajstić information content (AvgIpc) is 2.60. The van der Waals surface area contributed by atoms with Gasteiger partial charge in [0.25, 0.3) is 0 Å². The normalized spacial score (nSPS) is 9.88. The maximum absolute atomic E-state index is 10.9. The van der Waals surface area contributed by atoms with Crippen LogP contribution in [-0.2, 0) is 4.74 Å². The summed E-state index contributed by atoms with van der Waals surface area (Å²) in [5.41, 5.74) is 1.69. The second-order valence-electron chi connectivity index (χ2n) is 6.38. The van der Waals surface area contributed by atoms with Crippen molar-refractivity contribution < 1.29 is 19.4 Å². The number of methoxy groups -OCH3 is 1. The molecular formula is C21H21IO4. The van der Waals surface area contributed by atoms with Crippen molar-refractivity contribution in [2.24, 2.45) is 5.41 Å². The quantitative estimate of drug-likeness (QED) is 0.392. The van der Waals surface area contributed by atoms with Gasteiger partial charge in [-0.1, -0.05) is 11.8 Å². The Bertz CT molecular complexity index is 804. The van der Waals surface area contributed by atoms with Gasteiger partial charge in [0.05, 0.1) is 18.2 Å². The number of esters is 1. The molecule has 4 nitrogen and oxygen atoms in total. The summed E-state index contributed by atoms with van der Waals surface area (Å²) < 4.78 is 5.64. The molecular weight excluding hydrogens is 443 g/mol. The topological polar surface area (TPSA) is 63.6 Å². The molecule has 0 aliphatic carbocycles. The van der Waals surface area contributed by atoms with Crippen molar-refractivity contribution in [2.75, 3.05) is 7.11 Å². The van der Waals surface area contributed by atoms with Crippen molar-refractivity contribution in [3.63, 3.8) is 0 Å². The number of rotatable bonds is 2. The molecule has 0 spiro atoms. The molecule has 0 bridgehead atoms. The number of hydrogen-bond donors (Lipinski definition) is 1. The first-order chi connectivity index (χ1) is 12.1. The second-order valence-corrected chi connectivity index (χ2v) is 7.63. The first-order valence-electron chi connectivity index (χ1n) is 7.83. The molecule has 0 fully saturated rings. The van der Waals surface area contributed by atoms with Gasteiger partial charge < -0.3 is 9.84 Å². The van der Waals surface area contributed by atoms with E-state index in [1.807, 2.05) is 32.9 Å². The number of carbonyl (C=O) groups is 2. The maximum Gasteiger partial charge on any atom is 0.337 e. The fourth-order valence-electron chi connectivity index (χ4n) is 1.66. The zero-order valence-corrected chi connectivity index (χ0v) is 17.3. The zero-order chi connectivity index (χ0) is 19.7. The van der Waals surface area contributed by atoms with E-state index in [2.05, 4.69) is 39.2 Å². The molecule has 136 valence electrons. The van der Waals surface area contributed by atoms with Crippen LogP contribution in [-0.4, -0.2) is 24.2 Å². The van der Waals surface area contributed by atoms with Crippen LogP contribution in [0.25, 0.3) is 0 Å². The molecule has 2 aromatic carbocycles. The minimum atomic E-state index is -0.912. The number of carboxylic acid groups (broad SMARTS) is 1. The summed E-state index contributed by atoms with van der Waals surface area (Å²) in [6.45, 7) is 6.10. The molecule has 0 saturated heterocycles. The Labute approximate surface area is 167 Å². The Morgan fingerprint density at radius 1 is 0.962 bits per heavy atom. The van der Waals surface area contributed by atoms with Gasteiger partial charge in [0.2, 0.25) is 0 Å². The number of halogens is 1. The monoisotopic (exact) mass is 464 g/mol. The molecule has 0 radical (unpaired) electrons. The van der Waals surface area contributed by atoms with Crippen LogP contribution in [0.5, 0.6) is 0 Å². The molecule has 0 amide bonds. The van der Waals surface area contributed by atoms with Gasteiger partial charge in [-0.25, -0.2) is 9.59 Å². The van der Waals surface area contributed by atoms with Crippen molar-refractivity contribution in [1.29, 1.82) is 0 Å². The molecule has 5 heteroatoms. The van der Waals surface area contributed by atoms with Crippen LogP contribution >= 0.6 is 22.6 Å². The van der Waals surface area contributed by atoms with Gasteiger partial charge in [0.1, 0.15) is 0 Å². The molecule has 0 atom stereocenters. The molecule has 0 saturated carbocycles. The third-order valence-electron chi connectivity index (χ3n) is 2.98. The van der Waals surface area contributed by atoms with E-state index in [-0.39, 0.29) is 16.9 Å². The summed E-state index contributed by atoms with van der Waals surface area (Å²) in [5.74, 6) is 4.90. The lowest BCUT2D eigenvalue weighted by Crippen LogP contribution is -2.00. The van der Waals surface area contributed by atoms with E-state index in [0.29, 0.717) is 5.56 Å². The van der Waals surface area contributed by atoms with E-state index in [1.54, 1.807) is 36.4 Å². The van der Waals surface area contributed by atoms with Crippen molar-refractivity contribution in [3.8, 4) is 11.8 Å². The summed E-state index contributed by atoms with van der Waals surface area (Å²) in [5, 5.41) is 8.70. The third-order valence-corrected chi connectivity index (χ3v) is 3.70. The van der Waals surface area contributed by atoms with Gasteiger partial charge in [-0.05, 0) is 91.9 Å². The Morgan fingerprint density at radius 2 is 1.46 bits per heavy atom. The van der Waals surface area contributed by atoms with Crippen molar-refractivity contribution >= 4 is 34.5 Å². The number of benzene rings is 2. The largest absolute Gasteiger partial charge is 0.478 e. The highest BCUT2D eigenvalue weighted by atomic mass is 127. The number of aromatic carboxylic acids is 1. The van der Waals surface area contributed by atoms with Crippen LogP contribution in [0.1, 0.15) is 47.1 Å². The van der Waals surface area contributed by atoms with Gasteiger partial charge >= 0.3 is 11.9 Å². The van der Waals surface area contributed by atoms with E-state index in [4.69, 9.17) is 5.11 Å². The Hall–Kier alpha value is -2.33. The molecule has 2 rings (SSSR count). The summed E-state index contributed by atoms with van der Waals surface area (Å²) >= 11 is 2.18. The van der Waals surface area contributed by atoms with Crippen LogP contribution in [0.15, 0.2) is 48.5 Å². The first-order valence-corrected chi connectivity index (χ1v) is 8.90. The van der Waals surface area contributed by atoms with E-state index in [1.165, 1.54) is 7.11 Å². The van der Waals surface area contributed by atoms with E-state index in [0.717, 1.165) is 9.13 Å². The molecule has 0 heterocycles. The standard InChI is InChI=1S/C13H14O2.C8H7IO2/c1-13(2,3)9-8-10-4-6-11(7-5-10)12(14)15;1-11-8(10)6-2-4-7(9)5-3-6/h4-7H,1-3H3,(H,14,15);2-5H,1H3. The average molecular weight is 464 g/mol. The number of carboxylic acids is 1. The van der Waals surface area contributed by atoms with Crippen molar-refractivity contribution in [1.82, 2.24) is 0 Å². The van der Waals surface area contributed by atoms with Gasteiger partial charge in [0, 0.05) is 14.5 Å². The summed E-state index contributed by atoms with van der Waals surface area (Å²) in [6, 6.07) is 13.8. The van der Waals surface area contributed by atoms with Crippen molar-refractivity contribution in [3.05, 3.63) is 68.8 Å². The lowest BCUT2D eigenvalue weighted by Gasteiger charge is -2.06. The van der Waals surface area contributed by atoms with Gasteiger partial charge in [-0.2, -0.15) is 0 Å². The zero-order valence-electron chi connectivity index (χ0n) is 15.2. The molecule has 1 N–H and O–H groups in total. The van der Waals surface area contributed by atoms with Crippen LogP contribution in [0.2, 0.25) is 0 Å². The molecule has 0 unspecified atom stereocenters. The fourth-order valence-corrected chi connectivity index (χ4v) is 2.02. The number of carbonyl (C=O) groups excluding carboxylic acids is 1. The Balaban J connectivity index is 0.000000273. The molecule has 0 aromatic heterocycles. The Kier molecular flexibility index (Phi) is 8.33. The van der Waals surface area contributed by atoms with E-state index in [9.17, 15) is 9.59 Å². The second kappa shape index (κ2) is 9.97. The van der Waals surface area contributed by atoms with Gasteiger partial charge in [0.15, 0.2) is 0 Å². The van der Waals surface area contributed by atoms with Gasteiger partial charge in [-0.3, -0.25) is 0 Å². The van der Waals surface area contributed by atoms with Gasteiger partial charge in [-0.15, -0.1) is 0 Å². The highest BCUT2D eigenvalue weighted by molar-refractivity contribution is 14.1.